The van der Waals surface area contributed by atoms with E-state index >= 15 is 0 Å². The predicted octanol–water partition coefficient (Wildman–Crippen LogP) is 2.91. The Bertz CT molecular complexity index is 354. The topological polar surface area (TPSA) is 15.3 Å². The highest BCUT2D eigenvalue weighted by Gasteiger charge is 2.21. The SMILES string of the molecule is CCN1CCCC1CNCc1cccc(Cl)c1. The van der Waals surface area contributed by atoms with Crippen LogP contribution >= 0.6 is 11.6 Å². The first-order chi connectivity index (χ1) is 8.29. The highest BCUT2D eigenvalue weighted by atomic mass is 35.5. The van der Waals surface area contributed by atoms with E-state index in [4.69, 9.17) is 11.6 Å². The summed E-state index contributed by atoms with van der Waals surface area (Å²) in [6, 6.07) is 8.79. The molecule has 1 N–H and O–H groups in total. The molecule has 1 saturated heterocycles. The van der Waals surface area contributed by atoms with Crippen LogP contribution in [0.2, 0.25) is 5.02 Å². The van der Waals surface area contributed by atoms with Gasteiger partial charge in [0.25, 0.3) is 0 Å². The minimum Gasteiger partial charge on any atom is -0.311 e. The van der Waals surface area contributed by atoms with Crippen molar-refractivity contribution in [1.29, 1.82) is 0 Å². The lowest BCUT2D eigenvalue weighted by molar-refractivity contribution is 0.260. The van der Waals surface area contributed by atoms with E-state index in [-0.39, 0.29) is 0 Å². The molecule has 1 aromatic rings. The molecule has 1 fully saturated rings. The Kier molecular flexibility index (Phi) is 4.84. The van der Waals surface area contributed by atoms with E-state index in [1.165, 1.54) is 31.5 Å². The van der Waals surface area contributed by atoms with Crippen molar-refractivity contribution in [3.63, 3.8) is 0 Å². The van der Waals surface area contributed by atoms with Crippen LogP contribution in [0.3, 0.4) is 0 Å². The molecule has 2 nitrogen and oxygen atoms in total. The second kappa shape index (κ2) is 6.39. The number of hydrogen-bond donors (Lipinski definition) is 1. The Hall–Kier alpha value is -0.570. The van der Waals surface area contributed by atoms with Gasteiger partial charge in [-0.1, -0.05) is 30.7 Å². The zero-order chi connectivity index (χ0) is 12.1. The molecule has 94 valence electrons. The van der Waals surface area contributed by atoms with Gasteiger partial charge in [-0.05, 0) is 43.6 Å². The van der Waals surface area contributed by atoms with Crippen LogP contribution in [0.4, 0.5) is 0 Å². The summed E-state index contributed by atoms with van der Waals surface area (Å²) in [7, 11) is 0. The monoisotopic (exact) mass is 252 g/mol. The highest BCUT2D eigenvalue weighted by Crippen LogP contribution is 2.16. The fourth-order valence-corrected chi connectivity index (χ4v) is 2.79. The molecular formula is C14H21ClN2. The maximum Gasteiger partial charge on any atom is 0.0409 e. The van der Waals surface area contributed by atoms with Gasteiger partial charge in [-0.25, -0.2) is 0 Å². The van der Waals surface area contributed by atoms with Crippen LogP contribution in [0.25, 0.3) is 0 Å². The Morgan fingerprint density at radius 2 is 2.35 bits per heavy atom. The van der Waals surface area contributed by atoms with Crippen LogP contribution in [-0.2, 0) is 6.54 Å². The number of halogens is 1. The highest BCUT2D eigenvalue weighted by molar-refractivity contribution is 6.30. The summed E-state index contributed by atoms with van der Waals surface area (Å²) >= 11 is 5.96. The third-order valence-corrected chi connectivity index (χ3v) is 3.74. The summed E-state index contributed by atoms with van der Waals surface area (Å²) in [4.78, 5) is 2.56. The van der Waals surface area contributed by atoms with Gasteiger partial charge < -0.3 is 5.32 Å². The molecule has 0 aliphatic carbocycles. The van der Waals surface area contributed by atoms with E-state index in [9.17, 15) is 0 Å². The van der Waals surface area contributed by atoms with Crippen molar-refractivity contribution in [2.75, 3.05) is 19.6 Å². The van der Waals surface area contributed by atoms with Crippen LogP contribution in [0, 0.1) is 0 Å². The van der Waals surface area contributed by atoms with Gasteiger partial charge in [0, 0.05) is 24.2 Å². The van der Waals surface area contributed by atoms with E-state index in [2.05, 4.69) is 23.2 Å². The van der Waals surface area contributed by atoms with Crippen LogP contribution in [-0.4, -0.2) is 30.6 Å². The van der Waals surface area contributed by atoms with Gasteiger partial charge in [0.05, 0.1) is 0 Å². The first-order valence-corrected chi connectivity index (χ1v) is 6.86. The van der Waals surface area contributed by atoms with Crippen LogP contribution in [0.5, 0.6) is 0 Å². The van der Waals surface area contributed by atoms with Gasteiger partial charge in [0.1, 0.15) is 0 Å². The number of likely N-dealkylation sites (tertiary alicyclic amines) is 1. The fraction of sp³-hybridized carbons (Fsp3) is 0.571. The molecule has 0 saturated carbocycles. The second-order valence-corrected chi connectivity index (χ2v) is 5.12. The first kappa shape index (κ1) is 12.9. The molecule has 1 aliphatic rings. The zero-order valence-corrected chi connectivity index (χ0v) is 11.2. The van der Waals surface area contributed by atoms with Crippen LogP contribution in [0.15, 0.2) is 24.3 Å². The van der Waals surface area contributed by atoms with Crippen molar-refractivity contribution >= 4 is 11.6 Å². The van der Waals surface area contributed by atoms with Gasteiger partial charge in [0.15, 0.2) is 0 Å². The molecule has 0 amide bonds. The summed E-state index contributed by atoms with van der Waals surface area (Å²) in [5.41, 5.74) is 1.26. The number of rotatable bonds is 5. The lowest BCUT2D eigenvalue weighted by atomic mass is 10.2. The molecule has 1 aromatic carbocycles. The number of likely N-dealkylation sites (N-methyl/N-ethyl adjacent to an activating group) is 1. The van der Waals surface area contributed by atoms with Gasteiger partial charge >= 0.3 is 0 Å². The minimum atomic E-state index is 0.721. The summed E-state index contributed by atoms with van der Waals surface area (Å²) in [6.07, 6.45) is 2.67. The van der Waals surface area contributed by atoms with Gasteiger partial charge in [0.2, 0.25) is 0 Å². The molecule has 0 bridgehead atoms. The van der Waals surface area contributed by atoms with Crippen molar-refractivity contribution in [3.05, 3.63) is 34.9 Å². The van der Waals surface area contributed by atoms with Gasteiger partial charge in [-0.3, -0.25) is 4.90 Å². The van der Waals surface area contributed by atoms with Crippen molar-refractivity contribution in [1.82, 2.24) is 10.2 Å². The standard InChI is InChI=1S/C14H21ClN2/c1-2-17-8-4-7-14(17)11-16-10-12-5-3-6-13(15)9-12/h3,5-6,9,14,16H,2,4,7-8,10-11H2,1H3. The molecular weight excluding hydrogens is 232 g/mol. The summed E-state index contributed by atoms with van der Waals surface area (Å²) in [5, 5.41) is 4.35. The normalized spacial score (nSPS) is 20.9. The molecule has 17 heavy (non-hydrogen) atoms. The van der Waals surface area contributed by atoms with Gasteiger partial charge in [-0.15, -0.1) is 0 Å². The van der Waals surface area contributed by atoms with E-state index in [0.29, 0.717) is 0 Å². The molecule has 1 heterocycles. The lowest BCUT2D eigenvalue weighted by Gasteiger charge is -2.23. The molecule has 1 aliphatic heterocycles. The number of nitrogens with one attached hydrogen (secondary N) is 1. The quantitative estimate of drug-likeness (QED) is 0.867. The summed E-state index contributed by atoms with van der Waals surface area (Å²) in [6.45, 7) is 6.67. The van der Waals surface area contributed by atoms with E-state index in [0.717, 1.165) is 24.2 Å². The van der Waals surface area contributed by atoms with Crippen molar-refractivity contribution in [2.24, 2.45) is 0 Å². The van der Waals surface area contributed by atoms with E-state index < -0.39 is 0 Å². The minimum absolute atomic E-state index is 0.721. The number of benzene rings is 1. The fourth-order valence-electron chi connectivity index (χ4n) is 2.57. The Balaban J connectivity index is 1.76. The Morgan fingerprint density at radius 1 is 1.47 bits per heavy atom. The molecule has 1 atom stereocenters. The lowest BCUT2D eigenvalue weighted by Crippen LogP contribution is -2.37. The average Bonchev–Trinajstić information content (AvgIpc) is 2.77. The first-order valence-electron chi connectivity index (χ1n) is 6.49. The van der Waals surface area contributed by atoms with Gasteiger partial charge in [-0.2, -0.15) is 0 Å². The summed E-state index contributed by atoms with van der Waals surface area (Å²) in [5.74, 6) is 0. The van der Waals surface area contributed by atoms with Crippen molar-refractivity contribution in [3.8, 4) is 0 Å². The average molecular weight is 253 g/mol. The largest absolute Gasteiger partial charge is 0.311 e. The third-order valence-electron chi connectivity index (χ3n) is 3.50. The predicted molar refractivity (Wildman–Crippen MR) is 73.4 cm³/mol. The van der Waals surface area contributed by atoms with Crippen LogP contribution < -0.4 is 5.32 Å². The third kappa shape index (κ3) is 3.70. The molecule has 0 spiro atoms. The molecule has 3 heteroatoms. The maximum absolute atomic E-state index is 5.96. The summed E-state index contributed by atoms with van der Waals surface area (Å²) < 4.78 is 0. The van der Waals surface area contributed by atoms with E-state index in [1.54, 1.807) is 0 Å². The number of hydrogen-bond acceptors (Lipinski definition) is 2. The maximum atomic E-state index is 5.96. The Morgan fingerprint density at radius 3 is 3.12 bits per heavy atom. The molecule has 0 radical (unpaired) electrons. The molecule has 0 aromatic heterocycles. The van der Waals surface area contributed by atoms with Crippen molar-refractivity contribution < 1.29 is 0 Å². The second-order valence-electron chi connectivity index (χ2n) is 4.69. The van der Waals surface area contributed by atoms with Crippen LogP contribution in [0.1, 0.15) is 25.3 Å². The Labute approximate surface area is 109 Å². The zero-order valence-electron chi connectivity index (χ0n) is 10.5. The molecule has 2 rings (SSSR count). The van der Waals surface area contributed by atoms with E-state index in [1.807, 2.05) is 18.2 Å². The number of nitrogens with zero attached hydrogens (tertiary/aromatic N) is 1. The van der Waals surface area contributed by atoms with Crippen molar-refractivity contribution in [2.45, 2.75) is 32.4 Å². The molecule has 1 unspecified atom stereocenters. The smallest absolute Gasteiger partial charge is 0.0409 e.